The van der Waals surface area contributed by atoms with E-state index in [0.29, 0.717) is 35.6 Å². The third-order valence-electron chi connectivity index (χ3n) is 9.54. The van der Waals surface area contributed by atoms with E-state index in [1.165, 1.54) is 16.2 Å². The molecule has 4 heterocycles. The molecule has 1 saturated carbocycles. The Morgan fingerprint density at radius 1 is 1.02 bits per heavy atom. The summed E-state index contributed by atoms with van der Waals surface area (Å²) in [6, 6.07) is 4.67. The number of morpholine rings is 1. The van der Waals surface area contributed by atoms with Crippen LogP contribution in [-0.4, -0.2) is 88.6 Å². The predicted molar refractivity (Wildman–Crippen MR) is 162 cm³/mol. The number of carbonyl (C=O) groups is 5. The molecule has 1 aromatic heterocycles. The van der Waals surface area contributed by atoms with Gasteiger partial charge in [-0.25, -0.2) is 9.78 Å². The third kappa shape index (κ3) is 5.89. The normalized spacial score (nSPS) is 24.7. The Balaban J connectivity index is 1.17. The zero-order valence-electron chi connectivity index (χ0n) is 25.1. The van der Waals surface area contributed by atoms with E-state index in [4.69, 9.17) is 4.74 Å². The fraction of sp³-hybridized carbons (Fsp3) is 0.562. The molecule has 12 heteroatoms. The Kier molecular flexibility index (Phi) is 8.82. The summed E-state index contributed by atoms with van der Waals surface area (Å²) in [6.07, 6.45) is 6.84. The Morgan fingerprint density at radius 2 is 1.80 bits per heavy atom. The first-order valence-electron chi connectivity index (χ1n) is 15.6. The standard InChI is InChI=1S/C32H39N5O6S/c1-18(33-2)28(39)35-26(19-8-4-3-5-9-19)31(41)36-13-7-12-24(36)29-34-23(17-44-29)27(38)20-10-6-11-21(14-20)30(40)37-16-22-15-25(37)32(42)43-22/h6,10-11,14,17-19,22,24-26,33H,3-5,7-9,12-13,15-16H2,1-2H3,(H,35,39)/t18-,22?,24-,25?,26-/m0/s1. The number of nitrogens with one attached hydrogen (secondary N) is 2. The smallest absolute Gasteiger partial charge is 0.329 e. The van der Waals surface area contributed by atoms with Crippen molar-refractivity contribution in [2.45, 2.75) is 88.6 Å². The molecule has 0 spiro atoms. The molecule has 2 aromatic rings. The van der Waals surface area contributed by atoms with E-state index < -0.39 is 18.1 Å². The molecule has 11 nitrogen and oxygen atoms in total. The number of likely N-dealkylation sites (N-methyl/N-ethyl adjacent to an activating group) is 1. The van der Waals surface area contributed by atoms with Crippen molar-refractivity contribution in [2.24, 2.45) is 5.92 Å². The Morgan fingerprint density at radius 3 is 2.52 bits per heavy atom. The minimum atomic E-state index is -0.590. The van der Waals surface area contributed by atoms with Crippen molar-refractivity contribution in [3.05, 3.63) is 51.5 Å². The summed E-state index contributed by atoms with van der Waals surface area (Å²) >= 11 is 1.35. The van der Waals surface area contributed by atoms with E-state index in [1.807, 2.05) is 4.90 Å². The van der Waals surface area contributed by atoms with Gasteiger partial charge in [-0.3, -0.25) is 19.2 Å². The Bertz CT molecular complexity index is 1450. The summed E-state index contributed by atoms with van der Waals surface area (Å²) < 4.78 is 5.20. The minimum Gasteiger partial charge on any atom is -0.459 e. The summed E-state index contributed by atoms with van der Waals surface area (Å²) in [5.74, 6) is -1.16. The molecular formula is C32H39N5O6S. The lowest BCUT2D eigenvalue weighted by Crippen LogP contribution is -2.55. The zero-order chi connectivity index (χ0) is 31.0. The first-order valence-corrected chi connectivity index (χ1v) is 16.5. The fourth-order valence-electron chi connectivity index (χ4n) is 6.95. The number of fused-ring (bicyclic) bond motifs is 2. The number of carbonyl (C=O) groups excluding carboxylic acids is 5. The maximum atomic E-state index is 14.1. The Labute approximate surface area is 260 Å². The Hall–Kier alpha value is -3.64. The average Bonchev–Trinajstić information content (AvgIpc) is 3.87. The van der Waals surface area contributed by atoms with Crippen LogP contribution in [-0.2, 0) is 19.1 Å². The number of rotatable bonds is 9. The predicted octanol–water partition coefficient (Wildman–Crippen LogP) is 2.85. The summed E-state index contributed by atoms with van der Waals surface area (Å²) in [6.45, 7) is 2.71. The van der Waals surface area contributed by atoms with Gasteiger partial charge in [0.25, 0.3) is 5.91 Å². The number of thiazole rings is 1. The lowest BCUT2D eigenvalue weighted by Gasteiger charge is -2.35. The number of likely N-dealkylation sites (tertiary alicyclic amines) is 2. The van der Waals surface area contributed by atoms with Crippen molar-refractivity contribution in [1.29, 1.82) is 0 Å². The number of ether oxygens (including phenoxy) is 1. The van der Waals surface area contributed by atoms with Crippen molar-refractivity contribution in [2.75, 3.05) is 20.1 Å². The van der Waals surface area contributed by atoms with Gasteiger partial charge in [-0.2, -0.15) is 0 Å². The van der Waals surface area contributed by atoms with Crippen molar-refractivity contribution in [3.63, 3.8) is 0 Å². The van der Waals surface area contributed by atoms with E-state index in [9.17, 15) is 24.0 Å². The van der Waals surface area contributed by atoms with Crippen LogP contribution < -0.4 is 10.6 Å². The molecular weight excluding hydrogens is 582 g/mol. The molecule has 2 N–H and O–H groups in total. The SMILES string of the molecule is CN[C@@H](C)C(=O)N[C@H](C(=O)N1CCC[C@H]1c1nc(C(=O)c2cccc(C(=O)N3CC4CC3C(=O)O4)c2)cs1)C1CCCCC1. The zero-order valence-corrected chi connectivity index (χ0v) is 25.9. The van der Waals surface area contributed by atoms with Crippen LogP contribution >= 0.6 is 11.3 Å². The second-order valence-corrected chi connectivity index (χ2v) is 13.2. The fourth-order valence-corrected chi connectivity index (χ4v) is 7.89. The average molecular weight is 622 g/mol. The molecule has 2 bridgehead atoms. The van der Waals surface area contributed by atoms with Gasteiger partial charge in [-0.05, 0) is 57.7 Å². The monoisotopic (exact) mass is 621 g/mol. The summed E-state index contributed by atoms with van der Waals surface area (Å²) in [5, 5.41) is 8.41. The maximum Gasteiger partial charge on any atom is 0.329 e. The van der Waals surface area contributed by atoms with Crippen LogP contribution in [0.4, 0.5) is 0 Å². The van der Waals surface area contributed by atoms with Crippen molar-refractivity contribution >= 4 is 40.8 Å². The molecule has 1 aromatic carbocycles. The van der Waals surface area contributed by atoms with Gasteiger partial charge in [-0.1, -0.05) is 31.4 Å². The number of nitrogens with zero attached hydrogens (tertiary/aromatic N) is 3. The second-order valence-electron chi connectivity index (χ2n) is 12.3. The summed E-state index contributed by atoms with van der Waals surface area (Å²) in [5.41, 5.74) is 0.929. The molecule has 3 aliphatic heterocycles. The van der Waals surface area contributed by atoms with E-state index in [-0.39, 0.29) is 53.2 Å². The number of aromatic nitrogens is 1. The summed E-state index contributed by atoms with van der Waals surface area (Å²) in [4.78, 5) is 73.7. The number of ketones is 1. The quantitative estimate of drug-likeness (QED) is 0.322. The minimum absolute atomic E-state index is 0.0789. The van der Waals surface area contributed by atoms with Gasteiger partial charge < -0.3 is 25.2 Å². The van der Waals surface area contributed by atoms with E-state index in [2.05, 4.69) is 15.6 Å². The molecule has 4 aliphatic rings. The van der Waals surface area contributed by atoms with Crippen LogP contribution in [0.15, 0.2) is 29.6 Å². The van der Waals surface area contributed by atoms with Gasteiger partial charge >= 0.3 is 5.97 Å². The van der Waals surface area contributed by atoms with Crippen LogP contribution in [0.3, 0.4) is 0 Å². The highest BCUT2D eigenvalue weighted by Gasteiger charge is 2.48. The first kappa shape index (κ1) is 30.4. The molecule has 2 unspecified atom stereocenters. The number of esters is 1. The number of hydrogen-bond donors (Lipinski definition) is 2. The summed E-state index contributed by atoms with van der Waals surface area (Å²) in [7, 11) is 1.72. The lowest BCUT2D eigenvalue weighted by molar-refractivity contribution is -0.149. The highest BCUT2D eigenvalue weighted by molar-refractivity contribution is 7.10. The van der Waals surface area contributed by atoms with Crippen molar-refractivity contribution in [1.82, 2.24) is 25.4 Å². The van der Waals surface area contributed by atoms with Gasteiger partial charge in [0, 0.05) is 29.5 Å². The highest BCUT2D eigenvalue weighted by atomic mass is 32.1. The molecule has 6 rings (SSSR count). The number of amides is 3. The molecule has 234 valence electrons. The van der Waals surface area contributed by atoms with Gasteiger partial charge in [0.2, 0.25) is 17.6 Å². The van der Waals surface area contributed by atoms with E-state index >= 15 is 0 Å². The van der Waals surface area contributed by atoms with E-state index in [0.717, 1.165) is 44.9 Å². The maximum absolute atomic E-state index is 14.1. The second kappa shape index (κ2) is 12.8. The highest BCUT2D eigenvalue weighted by Crippen LogP contribution is 2.37. The van der Waals surface area contributed by atoms with Crippen LogP contribution in [0, 0.1) is 5.92 Å². The van der Waals surface area contributed by atoms with Gasteiger partial charge in [-0.15, -0.1) is 11.3 Å². The third-order valence-corrected chi connectivity index (χ3v) is 10.5. The largest absolute Gasteiger partial charge is 0.459 e. The van der Waals surface area contributed by atoms with Crippen LogP contribution in [0.5, 0.6) is 0 Å². The van der Waals surface area contributed by atoms with Crippen LogP contribution in [0.1, 0.15) is 95.7 Å². The van der Waals surface area contributed by atoms with Crippen molar-refractivity contribution < 1.29 is 28.7 Å². The van der Waals surface area contributed by atoms with Gasteiger partial charge in [0.1, 0.15) is 28.9 Å². The van der Waals surface area contributed by atoms with Crippen LogP contribution in [0.25, 0.3) is 0 Å². The molecule has 3 saturated heterocycles. The first-order chi connectivity index (χ1) is 21.2. The lowest BCUT2D eigenvalue weighted by atomic mass is 9.83. The number of hydrogen-bond acceptors (Lipinski definition) is 9. The molecule has 5 atom stereocenters. The molecule has 0 radical (unpaired) electrons. The topological polar surface area (TPSA) is 138 Å². The van der Waals surface area contributed by atoms with Crippen LogP contribution in [0.2, 0.25) is 0 Å². The molecule has 44 heavy (non-hydrogen) atoms. The number of benzene rings is 1. The van der Waals surface area contributed by atoms with Gasteiger partial charge in [0.15, 0.2) is 0 Å². The molecule has 1 aliphatic carbocycles. The van der Waals surface area contributed by atoms with Gasteiger partial charge in [0.05, 0.1) is 18.6 Å². The molecule has 3 amide bonds. The molecule has 4 fully saturated rings. The van der Waals surface area contributed by atoms with E-state index in [1.54, 1.807) is 43.6 Å². The van der Waals surface area contributed by atoms with Crippen molar-refractivity contribution in [3.8, 4) is 0 Å².